The molecule has 0 radical (unpaired) electrons. The first kappa shape index (κ1) is 19.0. The fourth-order valence-corrected chi connectivity index (χ4v) is 2.61. The Kier molecular flexibility index (Phi) is 7.02. The van der Waals surface area contributed by atoms with Gasteiger partial charge in [0.2, 0.25) is 0 Å². The van der Waals surface area contributed by atoms with Crippen LogP contribution in [-0.4, -0.2) is 11.2 Å². The Balaban J connectivity index is 0.00000225. The highest BCUT2D eigenvalue weighted by Crippen LogP contribution is 2.25. The zero-order valence-electron chi connectivity index (χ0n) is 13.8. The monoisotopic (exact) mass is 355 g/mol. The van der Waals surface area contributed by atoms with Gasteiger partial charge in [0.05, 0.1) is 12.1 Å². The van der Waals surface area contributed by atoms with Gasteiger partial charge in [-0.05, 0) is 35.4 Å². The fraction of sp³-hybridized carbons (Fsp3) is 0.143. The lowest BCUT2D eigenvalue weighted by Gasteiger charge is -2.20. The van der Waals surface area contributed by atoms with Gasteiger partial charge < -0.3 is 15.6 Å². The fourth-order valence-electron chi connectivity index (χ4n) is 2.61. The van der Waals surface area contributed by atoms with Gasteiger partial charge in [0.25, 0.3) is 0 Å². The standard InChI is InChI=1S/C21H21NO2.ClH/c22-21(20(23)14-16-8-3-1-4-9-16)17-10-7-13-19(15-17)24-18-11-5-2-6-12-18;/h1-13,15,20-21,23H,14,22H2;1H/t20-,21+;/m0./s1. The van der Waals surface area contributed by atoms with Crippen molar-refractivity contribution >= 4 is 12.4 Å². The van der Waals surface area contributed by atoms with E-state index in [1.807, 2.05) is 84.9 Å². The van der Waals surface area contributed by atoms with Crippen LogP contribution in [0.15, 0.2) is 84.9 Å². The number of para-hydroxylation sites is 1. The van der Waals surface area contributed by atoms with E-state index in [2.05, 4.69) is 0 Å². The van der Waals surface area contributed by atoms with E-state index in [4.69, 9.17) is 10.5 Å². The summed E-state index contributed by atoms with van der Waals surface area (Å²) in [6, 6.07) is 26.6. The number of hydrogen-bond acceptors (Lipinski definition) is 3. The van der Waals surface area contributed by atoms with Crippen LogP contribution in [0.4, 0.5) is 0 Å². The lowest BCUT2D eigenvalue weighted by Crippen LogP contribution is -2.28. The first-order valence-electron chi connectivity index (χ1n) is 8.03. The van der Waals surface area contributed by atoms with Crippen molar-refractivity contribution in [1.82, 2.24) is 0 Å². The Morgan fingerprint density at radius 3 is 2.08 bits per heavy atom. The molecule has 3 nitrogen and oxygen atoms in total. The Bertz CT molecular complexity index is 765. The number of nitrogens with two attached hydrogens (primary N) is 1. The lowest BCUT2D eigenvalue weighted by atomic mass is 9.97. The van der Waals surface area contributed by atoms with Gasteiger partial charge in [0.1, 0.15) is 11.5 Å². The number of aliphatic hydroxyl groups excluding tert-OH is 1. The van der Waals surface area contributed by atoms with E-state index < -0.39 is 12.1 Å². The molecule has 0 fully saturated rings. The van der Waals surface area contributed by atoms with Crippen LogP contribution in [0.25, 0.3) is 0 Å². The van der Waals surface area contributed by atoms with Crippen molar-refractivity contribution in [2.75, 3.05) is 0 Å². The van der Waals surface area contributed by atoms with Crippen molar-refractivity contribution in [2.45, 2.75) is 18.6 Å². The summed E-state index contributed by atoms with van der Waals surface area (Å²) in [5, 5.41) is 10.4. The summed E-state index contributed by atoms with van der Waals surface area (Å²) >= 11 is 0. The number of aliphatic hydroxyl groups is 1. The number of hydrogen-bond donors (Lipinski definition) is 2. The third-order valence-electron chi connectivity index (χ3n) is 3.92. The Morgan fingerprint density at radius 2 is 1.40 bits per heavy atom. The van der Waals surface area contributed by atoms with E-state index in [1.165, 1.54) is 0 Å². The molecule has 0 bridgehead atoms. The molecule has 0 saturated heterocycles. The van der Waals surface area contributed by atoms with Gasteiger partial charge in [-0.1, -0.05) is 60.7 Å². The highest BCUT2D eigenvalue weighted by atomic mass is 35.5. The van der Waals surface area contributed by atoms with Crippen LogP contribution >= 0.6 is 12.4 Å². The van der Waals surface area contributed by atoms with Crippen LogP contribution in [0.1, 0.15) is 17.2 Å². The molecule has 3 N–H and O–H groups in total. The van der Waals surface area contributed by atoms with Crippen molar-refractivity contribution in [2.24, 2.45) is 5.73 Å². The molecule has 25 heavy (non-hydrogen) atoms. The van der Waals surface area contributed by atoms with Gasteiger partial charge in [-0.25, -0.2) is 0 Å². The van der Waals surface area contributed by atoms with Crippen molar-refractivity contribution in [3.63, 3.8) is 0 Å². The third kappa shape index (κ3) is 5.33. The molecule has 0 spiro atoms. The predicted molar refractivity (Wildman–Crippen MR) is 103 cm³/mol. The molecule has 0 aliphatic carbocycles. The second kappa shape index (κ2) is 9.23. The first-order valence-corrected chi connectivity index (χ1v) is 8.03. The van der Waals surface area contributed by atoms with E-state index in [0.29, 0.717) is 12.2 Å². The van der Waals surface area contributed by atoms with Crippen molar-refractivity contribution in [1.29, 1.82) is 0 Å². The van der Waals surface area contributed by atoms with E-state index >= 15 is 0 Å². The SMILES string of the molecule is Cl.N[C@H](c1cccc(Oc2ccccc2)c1)[C@@H](O)Cc1ccccc1. The summed E-state index contributed by atoms with van der Waals surface area (Å²) in [6.07, 6.45) is -0.134. The zero-order chi connectivity index (χ0) is 16.8. The van der Waals surface area contributed by atoms with E-state index in [0.717, 1.165) is 16.9 Å². The largest absolute Gasteiger partial charge is 0.457 e. The second-order valence-corrected chi connectivity index (χ2v) is 5.77. The Labute approximate surface area is 154 Å². The minimum absolute atomic E-state index is 0. The lowest BCUT2D eigenvalue weighted by molar-refractivity contribution is 0.145. The highest BCUT2D eigenvalue weighted by Gasteiger charge is 2.18. The third-order valence-corrected chi connectivity index (χ3v) is 3.92. The minimum atomic E-state index is -0.653. The average Bonchev–Trinajstić information content (AvgIpc) is 2.63. The van der Waals surface area contributed by atoms with Crippen LogP contribution < -0.4 is 10.5 Å². The molecular weight excluding hydrogens is 334 g/mol. The van der Waals surface area contributed by atoms with Crippen LogP contribution in [0, 0.1) is 0 Å². The normalized spacial score (nSPS) is 12.7. The number of rotatable bonds is 6. The number of ether oxygens (including phenoxy) is 1. The molecule has 0 aromatic heterocycles. The summed E-state index contributed by atoms with van der Waals surface area (Å²) in [5.41, 5.74) is 8.16. The van der Waals surface area contributed by atoms with Crippen molar-refractivity contribution in [3.05, 3.63) is 96.1 Å². The molecular formula is C21H22ClNO2. The smallest absolute Gasteiger partial charge is 0.127 e. The van der Waals surface area contributed by atoms with Gasteiger partial charge in [-0.3, -0.25) is 0 Å². The molecule has 0 aliphatic heterocycles. The zero-order valence-corrected chi connectivity index (χ0v) is 14.6. The van der Waals surface area contributed by atoms with Crippen LogP contribution in [0.2, 0.25) is 0 Å². The van der Waals surface area contributed by atoms with Gasteiger partial charge in [0.15, 0.2) is 0 Å². The summed E-state index contributed by atoms with van der Waals surface area (Å²) in [6.45, 7) is 0. The predicted octanol–water partition coefficient (Wildman–Crippen LogP) is 4.50. The summed E-state index contributed by atoms with van der Waals surface area (Å²) < 4.78 is 5.83. The van der Waals surface area contributed by atoms with Crippen LogP contribution in [0.3, 0.4) is 0 Å². The van der Waals surface area contributed by atoms with Crippen molar-refractivity contribution in [3.8, 4) is 11.5 Å². The van der Waals surface area contributed by atoms with E-state index in [-0.39, 0.29) is 12.4 Å². The molecule has 130 valence electrons. The maximum atomic E-state index is 10.4. The molecule has 3 aromatic carbocycles. The molecule has 4 heteroatoms. The highest BCUT2D eigenvalue weighted by molar-refractivity contribution is 5.85. The Morgan fingerprint density at radius 1 is 0.800 bits per heavy atom. The van der Waals surface area contributed by atoms with Gasteiger partial charge >= 0.3 is 0 Å². The number of halogens is 1. The summed E-state index contributed by atoms with van der Waals surface area (Å²) in [4.78, 5) is 0. The topological polar surface area (TPSA) is 55.5 Å². The molecule has 0 amide bonds. The first-order chi connectivity index (χ1) is 11.7. The van der Waals surface area contributed by atoms with E-state index in [9.17, 15) is 5.11 Å². The maximum absolute atomic E-state index is 10.4. The van der Waals surface area contributed by atoms with E-state index in [1.54, 1.807) is 0 Å². The quantitative estimate of drug-likeness (QED) is 0.684. The molecule has 0 heterocycles. The Hall–Kier alpha value is -2.33. The van der Waals surface area contributed by atoms with Crippen molar-refractivity contribution < 1.29 is 9.84 Å². The van der Waals surface area contributed by atoms with Gasteiger partial charge in [-0.2, -0.15) is 0 Å². The molecule has 2 atom stereocenters. The molecule has 0 saturated carbocycles. The average molecular weight is 356 g/mol. The molecule has 0 unspecified atom stereocenters. The summed E-state index contributed by atoms with van der Waals surface area (Å²) in [5.74, 6) is 1.48. The van der Waals surface area contributed by atoms with Gasteiger partial charge in [-0.15, -0.1) is 12.4 Å². The second-order valence-electron chi connectivity index (χ2n) is 5.77. The number of benzene rings is 3. The molecule has 0 aliphatic rings. The van der Waals surface area contributed by atoms with Crippen LogP contribution in [0.5, 0.6) is 11.5 Å². The summed E-state index contributed by atoms with van der Waals surface area (Å²) in [7, 11) is 0. The minimum Gasteiger partial charge on any atom is -0.457 e. The molecule has 3 aromatic rings. The maximum Gasteiger partial charge on any atom is 0.127 e. The van der Waals surface area contributed by atoms with Gasteiger partial charge in [0, 0.05) is 6.42 Å². The molecule has 3 rings (SSSR count). The van der Waals surface area contributed by atoms with Crippen LogP contribution in [-0.2, 0) is 6.42 Å².